The molecule has 4 aliphatic rings. The quantitative estimate of drug-likeness (QED) is 0.0461. The molecule has 3 aliphatic carbocycles. The number of hydrogen-bond donors (Lipinski definition) is 11. The van der Waals surface area contributed by atoms with E-state index in [0.29, 0.717) is 103 Å². The summed E-state index contributed by atoms with van der Waals surface area (Å²) in [6.45, 7) is 7.06. The largest absolute Gasteiger partial charge is 0.390 e. The molecule has 12 rings (SSSR count). The minimum atomic E-state index is -1.20. The molecule has 1 aliphatic heterocycles. The molecule has 11 N–H and O–H groups in total. The Kier molecular flexibility index (Phi) is 15.6. The number of aromatic nitrogens is 18. The minimum absolute atomic E-state index is 0.00157. The molecule has 1 saturated heterocycles. The standard InChI is InChI=1S/C51H70N24O7/c1-3-69-19-30(54-24-69)9-12-52-49-63-45(39-47(65-49)72(26-56-39)35-15-37(43(80)41(35)78)74-58-17-33(22-76)67-74)60-28-5-7-29(8-6-28)62-51(82)71-14-11-32(21-71)61-46-40-48(66-50(64-46)53-13-10-31-20-70(4-2)25-55-31)73(27-57-40)36-16-38(44(81)42(36)79)75-59-18-34(23-77)68-75/h17-20,24-29,32,35-38,41-44,76-81H,3-16,21-23H2,1-2H3,(H,62,82)(H2,52,60,63,65)(H2,53,61,64,66)/t28?,29?,32-,35-,36-,37+,38+,41+,42+,43-,44-/m1/s1. The van der Waals surface area contributed by atoms with Gasteiger partial charge < -0.3 is 80.4 Å². The number of anilines is 4. The number of nitrogens with one attached hydrogen (secondary N) is 5. The van der Waals surface area contributed by atoms with Crippen LogP contribution >= 0.6 is 0 Å². The van der Waals surface area contributed by atoms with Gasteiger partial charge in [0.2, 0.25) is 11.9 Å². The van der Waals surface area contributed by atoms with Crippen molar-refractivity contribution in [3.8, 4) is 0 Å². The zero-order valence-corrected chi connectivity index (χ0v) is 45.6. The van der Waals surface area contributed by atoms with E-state index >= 15 is 0 Å². The van der Waals surface area contributed by atoms with Crippen LogP contribution in [0.4, 0.5) is 28.3 Å². The average molecular weight is 1130 g/mol. The topological polar surface area (TPSA) is 386 Å². The Balaban J connectivity index is 0.699. The number of fused-ring (bicyclic) bond motifs is 2. The van der Waals surface area contributed by atoms with Crippen molar-refractivity contribution in [3.05, 3.63) is 72.9 Å². The monoisotopic (exact) mass is 1130 g/mol. The SMILES string of the molecule is CCn1cnc(CCNc2nc(NC3CCC(NC(=O)N4CC[C@@H](Nc5nc(NCCc6cn(CC)cn6)nc6c5ncn6[C@@H]5C[C@H](n6ncc(CO)n6)[C@@H](O)[C@H]5O)C4)CC3)c3ncn([C@@H]4C[C@H](n5ncc(CO)n5)[C@@H](O)[C@H]4O)c3n2)c1. The van der Waals surface area contributed by atoms with Gasteiger partial charge in [-0.05, 0) is 58.8 Å². The summed E-state index contributed by atoms with van der Waals surface area (Å²) in [6, 6.07) is -2.95. The van der Waals surface area contributed by atoms with Crippen molar-refractivity contribution in [2.24, 2.45) is 0 Å². The molecule has 31 heteroatoms. The van der Waals surface area contributed by atoms with Crippen molar-refractivity contribution in [1.82, 2.24) is 98.3 Å². The van der Waals surface area contributed by atoms with Gasteiger partial charge in [0, 0.05) is 82.6 Å². The van der Waals surface area contributed by atoms with Gasteiger partial charge in [0.05, 0.1) is 74.4 Å². The van der Waals surface area contributed by atoms with Gasteiger partial charge in [-0.25, -0.2) is 24.7 Å². The number of urea groups is 1. The highest BCUT2D eigenvalue weighted by atomic mass is 16.3. The lowest BCUT2D eigenvalue weighted by Gasteiger charge is -2.31. The summed E-state index contributed by atoms with van der Waals surface area (Å²) in [6.07, 6.45) is 14.3. The molecule has 0 radical (unpaired) electrons. The second-order valence-corrected chi connectivity index (χ2v) is 21.7. The number of carbonyl (C=O) groups is 1. The van der Waals surface area contributed by atoms with Crippen molar-refractivity contribution in [3.63, 3.8) is 0 Å². The fourth-order valence-corrected chi connectivity index (χ4v) is 11.9. The summed E-state index contributed by atoms with van der Waals surface area (Å²) >= 11 is 0. The van der Waals surface area contributed by atoms with Crippen molar-refractivity contribution >= 4 is 51.9 Å². The highest BCUT2D eigenvalue weighted by molar-refractivity contribution is 5.86. The number of imidazole rings is 4. The third kappa shape index (κ3) is 11.1. The van der Waals surface area contributed by atoms with E-state index in [9.17, 15) is 35.4 Å². The molecule has 0 aromatic carbocycles. The highest BCUT2D eigenvalue weighted by Crippen LogP contribution is 2.42. The first-order chi connectivity index (χ1) is 39.9. The molecule has 31 nitrogen and oxygen atoms in total. The molecule has 9 heterocycles. The van der Waals surface area contributed by atoms with Crippen LogP contribution in [0.25, 0.3) is 22.3 Å². The second-order valence-electron chi connectivity index (χ2n) is 21.7. The molecule has 8 aromatic rings. The molecule has 0 unspecified atom stereocenters. The summed E-state index contributed by atoms with van der Waals surface area (Å²) < 4.78 is 7.56. The predicted octanol–water partition coefficient (Wildman–Crippen LogP) is 0.311. The second kappa shape index (κ2) is 23.5. The number of nitrogens with zero attached hydrogens (tertiary/aromatic N) is 19. The van der Waals surface area contributed by atoms with Crippen molar-refractivity contribution in [2.75, 3.05) is 47.4 Å². The van der Waals surface area contributed by atoms with Gasteiger partial charge in [-0.3, -0.25) is 0 Å². The lowest BCUT2D eigenvalue weighted by Crippen LogP contribution is -2.46. The third-order valence-electron chi connectivity index (χ3n) is 16.5. The Hall–Kier alpha value is -7.97. The van der Waals surface area contributed by atoms with Crippen molar-refractivity contribution in [2.45, 2.75) is 165 Å². The number of rotatable bonds is 21. The molecule has 8 aromatic heterocycles. The van der Waals surface area contributed by atoms with Gasteiger partial charge >= 0.3 is 6.03 Å². The Morgan fingerprint density at radius 2 is 1.05 bits per heavy atom. The lowest BCUT2D eigenvalue weighted by atomic mass is 9.91. The fourth-order valence-electron chi connectivity index (χ4n) is 11.9. The first-order valence-corrected chi connectivity index (χ1v) is 28.3. The van der Waals surface area contributed by atoms with Crippen LogP contribution in [0.3, 0.4) is 0 Å². The van der Waals surface area contributed by atoms with Gasteiger partial charge in [0.1, 0.15) is 47.9 Å². The smallest absolute Gasteiger partial charge is 0.317 e. The molecule has 4 fully saturated rings. The molecule has 0 spiro atoms. The van der Waals surface area contributed by atoms with E-state index in [1.165, 1.54) is 22.0 Å². The molecule has 0 bridgehead atoms. The molecule has 82 heavy (non-hydrogen) atoms. The maximum atomic E-state index is 14.0. The number of aryl methyl sites for hydroxylation is 2. The fraction of sp³-hybridized carbons (Fsp3) is 0.588. The van der Waals surface area contributed by atoms with Gasteiger partial charge in [0.25, 0.3) is 0 Å². The molecular formula is C51H70N24O7. The van der Waals surface area contributed by atoms with Crippen LogP contribution in [0, 0.1) is 0 Å². The van der Waals surface area contributed by atoms with Gasteiger partial charge in [-0.2, -0.15) is 49.9 Å². The van der Waals surface area contributed by atoms with E-state index in [-0.39, 0.29) is 50.2 Å². The Morgan fingerprint density at radius 3 is 1.51 bits per heavy atom. The normalized spacial score (nSPS) is 25.7. The van der Waals surface area contributed by atoms with Crippen LogP contribution in [-0.2, 0) is 39.1 Å². The van der Waals surface area contributed by atoms with E-state index in [1.54, 1.807) is 28.1 Å². The molecule has 436 valence electrons. The lowest BCUT2D eigenvalue weighted by molar-refractivity contribution is 0.00491. The number of carbonyl (C=O) groups excluding carboxylic acids is 1. The van der Waals surface area contributed by atoms with Crippen molar-refractivity contribution < 1.29 is 35.4 Å². The number of likely N-dealkylation sites (tertiary alicyclic amines) is 1. The van der Waals surface area contributed by atoms with Gasteiger partial charge in [-0.1, -0.05) is 0 Å². The maximum Gasteiger partial charge on any atom is 0.317 e. The summed E-state index contributed by atoms with van der Waals surface area (Å²) in [5.74, 6) is 1.68. The Bertz CT molecular complexity index is 3470. The number of hydrogen-bond acceptors (Lipinski definition) is 23. The van der Waals surface area contributed by atoms with Gasteiger partial charge in [-0.15, -0.1) is 0 Å². The Morgan fingerprint density at radius 1 is 0.573 bits per heavy atom. The minimum Gasteiger partial charge on any atom is -0.390 e. The zero-order chi connectivity index (χ0) is 56.6. The predicted molar refractivity (Wildman–Crippen MR) is 294 cm³/mol. The molecule has 9 atom stereocenters. The van der Waals surface area contributed by atoms with Crippen LogP contribution in [0.15, 0.2) is 50.1 Å². The number of aliphatic hydroxyl groups is 6. The van der Waals surface area contributed by atoms with E-state index in [0.717, 1.165) is 50.2 Å². The summed E-state index contributed by atoms with van der Waals surface area (Å²) in [7, 11) is 0. The Labute approximate surface area is 469 Å². The highest BCUT2D eigenvalue weighted by Gasteiger charge is 2.47. The van der Waals surface area contributed by atoms with Crippen molar-refractivity contribution in [1.29, 1.82) is 0 Å². The van der Waals surface area contributed by atoms with E-state index < -0.39 is 48.6 Å². The summed E-state index contributed by atoms with van der Waals surface area (Å²) in [4.78, 5) is 56.5. The van der Waals surface area contributed by atoms with E-state index in [1.807, 2.05) is 32.8 Å². The van der Waals surface area contributed by atoms with Crippen LogP contribution in [0.2, 0.25) is 0 Å². The summed E-state index contributed by atoms with van der Waals surface area (Å²) in [5.41, 5.74) is 4.44. The summed E-state index contributed by atoms with van der Waals surface area (Å²) in [5, 5.41) is 98.7. The van der Waals surface area contributed by atoms with Crippen LogP contribution in [0.1, 0.15) is 106 Å². The van der Waals surface area contributed by atoms with Crippen LogP contribution in [0.5, 0.6) is 0 Å². The van der Waals surface area contributed by atoms with Crippen LogP contribution in [-0.4, -0.2) is 198 Å². The average Bonchev–Trinajstić information content (AvgIpc) is 4.03. The van der Waals surface area contributed by atoms with Gasteiger partial charge in [0.15, 0.2) is 34.0 Å². The molecular weight excluding hydrogens is 1060 g/mol. The molecule has 2 amide bonds. The molecule has 3 saturated carbocycles. The third-order valence-corrected chi connectivity index (χ3v) is 16.5. The zero-order valence-electron chi connectivity index (χ0n) is 45.6. The number of aliphatic hydroxyl groups excluding tert-OH is 6. The number of amides is 2. The first kappa shape index (κ1) is 54.6. The maximum absolute atomic E-state index is 14.0. The van der Waals surface area contributed by atoms with E-state index in [2.05, 4.69) is 70.8 Å². The first-order valence-electron chi connectivity index (χ1n) is 28.3. The van der Waals surface area contributed by atoms with E-state index in [4.69, 9.17) is 29.9 Å². The van der Waals surface area contributed by atoms with Crippen LogP contribution < -0.4 is 26.6 Å².